The highest BCUT2D eigenvalue weighted by molar-refractivity contribution is 7.11. The Morgan fingerprint density at radius 3 is 3.09 bits per heavy atom. The van der Waals surface area contributed by atoms with Crippen LogP contribution in [0.5, 0.6) is 0 Å². The van der Waals surface area contributed by atoms with Crippen molar-refractivity contribution < 1.29 is 9.47 Å². The van der Waals surface area contributed by atoms with Gasteiger partial charge in [0.25, 0.3) is 0 Å². The van der Waals surface area contributed by atoms with Crippen molar-refractivity contribution in [3.63, 3.8) is 0 Å². The van der Waals surface area contributed by atoms with E-state index in [4.69, 9.17) is 9.47 Å². The van der Waals surface area contributed by atoms with Gasteiger partial charge in [-0.2, -0.15) is 0 Å². The van der Waals surface area contributed by atoms with E-state index in [0.29, 0.717) is 19.1 Å². The molecule has 1 aromatic heterocycles. The van der Waals surface area contributed by atoms with Crippen LogP contribution in [0.15, 0.2) is 11.2 Å². The van der Waals surface area contributed by atoms with Crippen LogP contribution in [0.1, 0.15) is 23.2 Å². The molecule has 0 saturated carbocycles. The van der Waals surface area contributed by atoms with E-state index >= 15 is 0 Å². The van der Waals surface area contributed by atoms with Gasteiger partial charge in [-0.15, -0.1) is 11.3 Å². The molecule has 1 atom stereocenters. The number of aromatic nitrogens is 1. The Morgan fingerprint density at radius 1 is 1.52 bits per heavy atom. The fraction of sp³-hybridized carbons (Fsp3) is 0.750. The molecule has 1 saturated heterocycles. The number of ether oxygens (including phenoxy) is 2. The smallest absolute Gasteiger partial charge is 0.194 e. The Labute approximate surface area is 142 Å². The number of rotatable bonds is 8. The summed E-state index contributed by atoms with van der Waals surface area (Å²) in [5, 5.41) is 4.54. The summed E-state index contributed by atoms with van der Waals surface area (Å²) in [7, 11) is 3.53. The number of nitrogens with zero attached hydrogens (tertiary/aromatic N) is 3. The number of guanidine groups is 1. The Morgan fingerprint density at radius 2 is 2.39 bits per heavy atom. The van der Waals surface area contributed by atoms with Crippen molar-refractivity contribution in [2.75, 3.05) is 47.1 Å². The lowest BCUT2D eigenvalue weighted by Crippen LogP contribution is -2.39. The van der Waals surface area contributed by atoms with Crippen LogP contribution in [0.4, 0.5) is 0 Å². The fourth-order valence-corrected chi connectivity index (χ4v) is 3.44. The lowest BCUT2D eigenvalue weighted by Gasteiger charge is -2.21. The van der Waals surface area contributed by atoms with E-state index in [1.807, 2.05) is 13.2 Å². The summed E-state index contributed by atoms with van der Waals surface area (Å²) in [6.07, 6.45) is 4.15. The van der Waals surface area contributed by atoms with Gasteiger partial charge in [0, 0.05) is 44.2 Å². The predicted molar refractivity (Wildman–Crippen MR) is 94.1 cm³/mol. The average molecular weight is 340 g/mol. The van der Waals surface area contributed by atoms with Crippen LogP contribution < -0.4 is 5.32 Å². The van der Waals surface area contributed by atoms with Crippen molar-refractivity contribution in [3.05, 3.63) is 16.1 Å². The van der Waals surface area contributed by atoms with Crippen molar-refractivity contribution in [2.45, 2.75) is 26.3 Å². The van der Waals surface area contributed by atoms with Gasteiger partial charge in [0.1, 0.15) is 5.01 Å². The van der Waals surface area contributed by atoms with Gasteiger partial charge >= 0.3 is 0 Å². The molecule has 7 heteroatoms. The predicted octanol–water partition coefficient (Wildman–Crippen LogP) is 1.77. The number of methoxy groups -OCH3 is 1. The average Bonchev–Trinajstić information content (AvgIpc) is 3.22. The van der Waals surface area contributed by atoms with E-state index in [0.717, 1.165) is 50.0 Å². The highest BCUT2D eigenvalue weighted by atomic mass is 32.1. The second kappa shape index (κ2) is 9.85. The maximum absolute atomic E-state index is 5.64. The highest BCUT2D eigenvalue weighted by Gasteiger charge is 2.25. The van der Waals surface area contributed by atoms with Gasteiger partial charge in [-0.25, -0.2) is 4.98 Å². The Bertz CT molecular complexity index is 492. The summed E-state index contributed by atoms with van der Waals surface area (Å²) in [5.74, 6) is 1.52. The van der Waals surface area contributed by atoms with Gasteiger partial charge in [-0.1, -0.05) is 6.92 Å². The molecular weight excluding hydrogens is 312 g/mol. The summed E-state index contributed by atoms with van der Waals surface area (Å²) in [6.45, 7) is 7.03. The van der Waals surface area contributed by atoms with Gasteiger partial charge in [0.05, 0.1) is 26.4 Å². The quantitative estimate of drug-likeness (QED) is 0.444. The van der Waals surface area contributed by atoms with Crippen LogP contribution in [-0.4, -0.2) is 62.9 Å². The third-order valence-electron chi connectivity index (χ3n) is 3.93. The van der Waals surface area contributed by atoms with Gasteiger partial charge in [0.2, 0.25) is 0 Å². The Kier molecular flexibility index (Phi) is 7.78. The van der Waals surface area contributed by atoms with E-state index in [1.54, 1.807) is 18.4 Å². The number of likely N-dealkylation sites (tertiary alicyclic amines) is 1. The highest BCUT2D eigenvalue weighted by Crippen LogP contribution is 2.17. The molecule has 1 aliphatic heterocycles. The minimum absolute atomic E-state index is 0.567. The minimum Gasteiger partial charge on any atom is -0.382 e. The summed E-state index contributed by atoms with van der Waals surface area (Å²) < 4.78 is 10.6. The number of hydrogen-bond acceptors (Lipinski definition) is 5. The second-order valence-corrected chi connectivity index (χ2v) is 6.84. The molecule has 6 nitrogen and oxygen atoms in total. The van der Waals surface area contributed by atoms with Gasteiger partial charge in [-0.3, -0.25) is 4.99 Å². The molecule has 1 unspecified atom stereocenters. The normalized spacial score (nSPS) is 18.7. The van der Waals surface area contributed by atoms with E-state index in [-0.39, 0.29) is 0 Å². The van der Waals surface area contributed by atoms with Crippen LogP contribution in [-0.2, 0) is 22.4 Å². The summed E-state index contributed by atoms with van der Waals surface area (Å²) in [5.41, 5.74) is 0. The lowest BCUT2D eigenvalue weighted by atomic mass is 10.1. The molecule has 0 aliphatic carbocycles. The molecule has 1 fully saturated rings. The van der Waals surface area contributed by atoms with E-state index < -0.39 is 0 Å². The van der Waals surface area contributed by atoms with E-state index in [2.05, 4.69) is 27.1 Å². The molecule has 23 heavy (non-hydrogen) atoms. The van der Waals surface area contributed by atoms with Crippen LogP contribution in [0, 0.1) is 5.92 Å². The van der Waals surface area contributed by atoms with Crippen molar-refractivity contribution in [2.24, 2.45) is 10.9 Å². The largest absolute Gasteiger partial charge is 0.382 e. The molecular formula is C16H28N4O2S. The van der Waals surface area contributed by atoms with Gasteiger partial charge in [-0.05, 0) is 12.8 Å². The first-order valence-electron chi connectivity index (χ1n) is 8.22. The lowest BCUT2D eigenvalue weighted by molar-refractivity contribution is 0.0536. The van der Waals surface area contributed by atoms with Crippen LogP contribution in [0.3, 0.4) is 0 Å². The first kappa shape index (κ1) is 18.2. The van der Waals surface area contributed by atoms with Crippen molar-refractivity contribution in [3.8, 4) is 0 Å². The second-order valence-electron chi connectivity index (χ2n) is 5.64. The summed E-state index contributed by atoms with van der Waals surface area (Å²) >= 11 is 1.77. The molecule has 0 amide bonds. The van der Waals surface area contributed by atoms with Crippen LogP contribution >= 0.6 is 11.3 Å². The number of aliphatic imine (C=N–C) groups is 1. The van der Waals surface area contributed by atoms with Crippen molar-refractivity contribution in [1.29, 1.82) is 0 Å². The molecule has 0 spiro atoms. The van der Waals surface area contributed by atoms with E-state index in [9.17, 15) is 0 Å². The zero-order valence-corrected chi connectivity index (χ0v) is 15.2. The standard InChI is InChI=1S/C16H28N4O2S/c1-4-14-9-18-15(23-14)10-19-16(17-2)20-6-5-13(11-20)12-22-8-7-21-3/h9,13H,4-8,10-12H2,1-3H3,(H,17,19). The first-order valence-corrected chi connectivity index (χ1v) is 9.04. The Balaban J connectivity index is 1.73. The van der Waals surface area contributed by atoms with E-state index in [1.165, 1.54) is 4.88 Å². The first-order chi connectivity index (χ1) is 11.3. The number of thiazole rings is 1. The molecule has 130 valence electrons. The van der Waals surface area contributed by atoms with Crippen LogP contribution in [0.25, 0.3) is 0 Å². The minimum atomic E-state index is 0.567. The van der Waals surface area contributed by atoms with Crippen LogP contribution in [0.2, 0.25) is 0 Å². The molecule has 2 heterocycles. The number of nitrogens with one attached hydrogen (secondary N) is 1. The molecule has 0 bridgehead atoms. The SMILES string of the molecule is CCc1cnc(CNC(=NC)N2CCC(COCCOC)C2)s1. The maximum atomic E-state index is 5.64. The van der Waals surface area contributed by atoms with Crippen molar-refractivity contribution >= 4 is 17.3 Å². The fourth-order valence-electron chi connectivity index (χ4n) is 2.63. The third kappa shape index (κ3) is 5.75. The summed E-state index contributed by atoms with van der Waals surface area (Å²) in [4.78, 5) is 12.5. The molecule has 0 aromatic carbocycles. The number of aryl methyl sites for hydroxylation is 1. The van der Waals surface area contributed by atoms with Gasteiger partial charge in [0.15, 0.2) is 5.96 Å². The molecule has 2 rings (SSSR count). The maximum Gasteiger partial charge on any atom is 0.194 e. The monoisotopic (exact) mass is 340 g/mol. The third-order valence-corrected chi connectivity index (χ3v) is 5.07. The summed E-state index contributed by atoms with van der Waals surface area (Å²) in [6, 6.07) is 0. The molecule has 0 radical (unpaired) electrons. The zero-order chi connectivity index (χ0) is 16.5. The molecule has 1 aliphatic rings. The van der Waals surface area contributed by atoms with Gasteiger partial charge < -0.3 is 19.7 Å². The zero-order valence-electron chi connectivity index (χ0n) is 14.4. The number of hydrogen-bond donors (Lipinski definition) is 1. The van der Waals surface area contributed by atoms with Crippen molar-refractivity contribution in [1.82, 2.24) is 15.2 Å². The topological polar surface area (TPSA) is 59.0 Å². The molecule has 1 N–H and O–H groups in total. The molecule has 1 aromatic rings. The Hall–Kier alpha value is -1.18.